The van der Waals surface area contributed by atoms with Crippen LogP contribution in [0, 0.1) is 6.92 Å². The summed E-state index contributed by atoms with van der Waals surface area (Å²) in [4.78, 5) is 13.2. The van der Waals surface area contributed by atoms with Crippen molar-refractivity contribution in [3.8, 4) is 33.9 Å². The lowest BCUT2D eigenvalue weighted by Gasteiger charge is -2.23. The van der Waals surface area contributed by atoms with Crippen molar-refractivity contribution in [2.45, 2.75) is 33.0 Å². The van der Waals surface area contributed by atoms with Gasteiger partial charge in [0, 0.05) is 23.4 Å². The Morgan fingerprint density at radius 2 is 1.73 bits per heavy atom. The Bertz CT molecular complexity index is 1230. The molecule has 0 spiro atoms. The van der Waals surface area contributed by atoms with Crippen LogP contribution in [-0.2, 0) is 23.9 Å². The van der Waals surface area contributed by atoms with E-state index in [4.69, 9.17) is 14.2 Å². The number of alkyl halides is 3. The Balaban J connectivity index is 2.09. The summed E-state index contributed by atoms with van der Waals surface area (Å²) in [6, 6.07) is 8.92. The van der Waals surface area contributed by atoms with Gasteiger partial charge in [0.05, 0.1) is 37.6 Å². The van der Waals surface area contributed by atoms with Crippen LogP contribution in [0.15, 0.2) is 36.4 Å². The fourth-order valence-electron chi connectivity index (χ4n) is 4.56. The fourth-order valence-corrected chi connectivity index (χ4v) is 4.56. The van der Waals surface area contributed by atoms with Gasteiger partial charge in [0.2, 0.25) is 0 Å². The topological polar surface area (TPSA) is 49.7 Å². The standard InChI is InChI=1S/C25H24F3NO4/c1-5-33-24(30)22-21(16-8-6-7-9-18(16)25(26,27)28)14(2)29-11-10-15-12-19(31-3)20(32-4)13-17(15)23(22)29/h6-9,12-13H,5,10-11H2,1-4H3. The molecule has 1 aliphatic heterocycles. The van der Waals surface area contributed by atoms with Gasteiger partial charge in [-0.1, -0.05) is 18.2 Å². The van der Waals surface area contributed by atoms with Crippen molar-refractivity contribution >= 4 is 5.97 Å². The number of methoxy groups -OCH3 is 2. The summed E-state index contributed by atoms with van der Waals surface area (Å²) in [7, 11) is 3.05. The van der Waals surface area contributed by atoms with Gasteiger partial charge in [-0.15, -0.1) is 0 Å². The van der Waals surface area contributed by atoms with Crippen molar-refractivity contribution in [1.82, 2.24) is 4.57 Å². The van der Waals surface area contributed by atoms with Crippen LogP contribution in [0.3, 0.4) is 0 Å². The van der Waals surface area contributed by atoms with E-state index >= 15 is 0 Å². The number of aryl methyl sites for hydroxylation is 1. The van der Waals surface area contributed by atoms with Crippen LogP contribution >= 0.6 is 0 Å². The average Bonchev–Trinajstić information content (AvgIpc) is 3.10. The number of ether oxygens (including phenoxy) is 3. The average molecular weight is 459 g/mol. The van der Waals surface area contributed by atoms with E-state index in [0.29, 0.717) is 41.4 Å². The molecule has 0 saturated heterocycles. The summed E-state index contributed by atoms with van der Waals surface area (Å²) in [6.45, 7) is 4.00. The number of benzene rings is 2. The molecule has 2 aromatic carbocycles. The predicted octanol–water partition coefficient (Wildman–Crippen LogP) is 5.90. The SMILES string of the molecule is CCOC(=O)c1c(-c2ccccc2C(F)(F)F)c(C)n2c1-c1cc(OC)c(OC)cc1CC2. The number of carbonyl (C=O) groups excluding carboxylic acids is 1. The molecule has 1 aliphatic rings. The van der Waals surface area contributed by atoms with E-state index in [9.17, 15) is 18.0 Å². The van der Waals surface area contributed by atoms with E-state index in [0.717, 1.165) is 11.6 Å². The molecule has 0 radical (unpaired) electrons. The third-order valence-electron chi connectivity index (χ3n) is 5.97. The molecule has 0 fully saturated rings. The highest BCUT2D eigenvalue weighted by Crippen LogP contribution is 2.47. The molecule has 174 valence electrons. The molecule has 2 heterocycles. The minimum Gasteiger partial charge on any atom is -0.493 e. The molecular weight excluding hydrogens is 435 g/mol. The zero-order chi connectivity index (χ0) is 23.9. The smallest absolute Gasteiger partial charge is 0.417 e. The maximum atomic E-state index is 13.9. The van der Waals surface area contributed by atoms with E-state index < -0.39 is 17.7 Å². The zero-order valence-electron chi connectivity index (χ0n) is 18.8. The Morgan fingerprint density at radius 3 is 2.36 bits per heavy atom. The van der Waals surface area contributed by atoms with Gasteiger partial charge in [0.1, 0.15) is 0 Å². The molecule has 0 amide bonds. The summed E-state index contributed by atoms with van der Waals surface area (Å²) in [5, 5.41) is 0. The predicted molar refractivity (Wildman–Crippen MR) is 118 cm³/mol. The van der Waals surface area contributed by atoms with Crippen molar-refractivity contribution in [3.63, 3.8) is 0 Å². The lowest BCUT2D eigenvalue weighted by Crippen LogP contribution is -2.15. The van der Waals surface area contributed by atoms with Crippen molar-refractivity contribution in [1.29, 1.82) is 0 Å². The summed E-state index contributed by atoms with van der Waals surface area (Å²) in [5.74, 6) is 0.355. The van der Waals surface area contributed by atoms with E-state index in [2.05, 4.69) is 0 Å². The van der Waals surface area contributed by atoms with Crippen molar-refractivity contribution in [3.05, 3.63) is 58.8 Å². The van der Waals surface area contributed by atoms with Crippen molar-refractivity contribution in [2.24, 2.45) is 0 Å². The monoisotopic (exact) mass is 459 g/mol. The van der Waals surface area contributed by atoms with Gasteiger partial charge in [-0.25, -0.2) is 4.79 Å². The Kier molecular flexibility index (Phi) is 5.86. The maximum Gasteiger partial charge on any atom is 0.417 e. The number of hydrogen-bond donors (Lipinski definition) is 0. The van der Waals surface area contributed by atoms with E-state index in [-0.39, 0.29) is 23.3 Å². The first-order valence-corrected chi connectivity index (χ1v) is 10.5. The van der Waals surface area contributed by atoms with E-state index in [1.165, 1.54) is 32.4 Å². The highest BCUT2D eigenvalue weighted by molar-refractivity contribution is 6.06. The number of rotatable bonds is 5. The first-order chi connectivity index (χ1) is 15.7. The van der Waals surface area contributed by atoms with Crippen LogP contribution in [0.25, 0.3) is 22.4 Å². The minimum absolute atomic E-state index is 0.0468. The summed E-state index contributed by atoms with van der Waals surface area (Å²) in [6.07, 6.45) is -3.95. The van der Waals surface area contributed by atoms with Crippen molar-refractivity contribution < 1.29 is 32.2 Å². The fraction of sp³-hybridized carbons (Fsp3) is 0.320. The number of fused-ring (bicyclic) bond motifs is 3. The number of aromatic nitrogens is 1. The first kappa shape index (κ1) is 22.8. The summed E-state index contributed by atoms with van der Waals surface area (Å²) in [5.41, 5.74) is 2.24. The third-order valence-corrected chi connectivity index (χ3v) is 5.97. The van der Waals surface area contributed by atoms with Crippen LogP contribution in [0.1, 0.15) is 34.1 Å². The lowest BCUT2D eigenvalue weighted by atomic mass is 9.92. The molecule has 0 saturated carbocycles. The zero-order valence-corrected chi connectivity index (χ0v) is 18.8. The summed E-state index contributed by atoms with van der Waals surface area (Å²) >= 11 is 0. The number of esters is 1. The highest BCUT2D eigenvalue weighted by Gasteiger charge is 2.38. The van der Waals surface area contributed by atoms with Gasteiger partial charge in [-0.2, -0.15) is 13.2 Å². The van der Waals surface area contributed by atoms with Crippen LogP contribution in [0.5, 0.6) is 11.5 Å². The van der Waals surface area contributed by atoms with E-state index in [1.807, 2.05) is 10.6 Å². The molecule has 0 bridgehead atoms. The second-order valence-electron chi connectivity index (χ2n) is 7.71. The molecule has 1 aromatic heterocycles. The Labute approximate surface area is 189 Å². The van der Waals surface area contributed by atoms with Crippen LogP contribution in [0.4, 0.5) is 13.2 Å². The van der Waals surface area contributed by atoms with Gasteiger partial charge in [-0.3, -0.25) is 0 Å². The minimum atomic E-state index is -4.58. The highest BCUT2D eigenvalue weighted by atomic mass is 19.4. The van der Waals surface area contributed by atoms with Gasteiger partial charge < -0.3 is 18.8 Å². The Hall–Kier alpha value is -3.42. The maximum absolute atomic E-state index is 13.9. The normalized spacial score (nSPS) is 12.7. The van der Waals surface area contributed by atoms with Gasteiger partial charge in [0.25, 0.3) is 0 Å². The van der Waals surface area contributed by atoms with Crippen LogP contribution < -0.4 is 9.47 Å². The van der Waals surface area contributed by atoms with E-state index in [1.54, 1.807) is 19.9 Å². The summed E-state index contributed by atoms with van der Waals surface area (Å²) < 4.78 is 59.8. The Morgan fingerprint density at radius 1 is 1.06 bits per heavy atom. The molecule has 0 unspecified atom stereocenters. The largest absolute Gasteiger partial charge is 0.493 e. The van der Waals surface area contributed by atoms with Crippen LogP contribution in [0.2, 0.25) is 0 Å². The molecular formula is C25H24F3NO4. The molecule has 33 heavy (non-hydrogen) atoms. The lowest BCUT2D eigenvalue weighted by molar-refractivity contribution is -0.137. The molecule has 3 aromatic rings. The molecule has 4 rings (SSSR count). The number of hydrogen-bond acceptors (Lipinski definition) is 4. The number of nitrogens with zero attached hydrogens (tertiary/aromatic N) is 1. The van der Waals surface area contributed by atoms with Gasteiger partial charge in [0.15, 0.2) is 11.5 Å². The molecule has 0 aliphatic carbocycles. The second kappa shape index (κ2) is 8.50. The molecule has 8 heteroatoms. The second-order valence-corrected chi connectivity index (χ2v) is 7.71. The third kappa shape index (κ3) is 3.73. The van der Waals surface area contributed by atoms with Gasteiger partial charge in [-0.05, 0) is 49.6 Å². The van der Waals surface area contributed by atoms with Crippen LogP contribution in [-0.4, -0.2) is 31.4 Å². The number of halogens is 3. The quantitative estimate of drug-likeness (QED) is 0.446. The molecule has 5 nitrogen and oxygen atoms in total. The van der Waals surface area contributed by atoms with Crippen molar-refractivity contribution in [2.75, 3.05) is 20.8 Å². The molecule has 0 N–H and O–H groups in total. The first-order valence-electron chi connectivity index (χ1n) is 10.5. The number of carbonyl (C=O) groups is 1. The molecule has 0 atom stereocenters. The van der Waals surface area contributed by atoms with Gasteiger partial charge >= 0.3 is 12.1 Å².